The standard InChI is InChI=1S/C23H31BrO5/c1-3-27-22(25)14-10-18-29-21-13-9-12-19(11-7-5-6-8-17-24)20(21)15-16-23(26)28-4-2/h7,9,11-13,15-16H,3-6,8,10,14,17-18H2,1-2H3/b11-7+,16-15+. The van der Waals surface area contributed by atoms with Gasteiger partial charge in [0.15, 0.2) is 0 Å². The van der Waals surface area contributed by atoms with Gasteiger partial charge in [-0.1, -0.05) is 40.2 Å². The molecule has 1 aromatic carbocycles. The first-order chi connectivity index (χ1) is 14.1. The minimum atomic E-state index is -0.392. The molecule has 0 atom stereocenters. The van der Waals surface area contributed by atoms with Crippen LogP contribution >= 0.6 is 15.9 Å². The lowest BCUT2D eigenvalue weighted by Gasteiger charge is -2.12. The van der Waals surface area contributed by atoms with Gasteiger partial charge in [0.2, 0.25) is 0 Å². The minimum Gasteiger partial charge on any atom is -0.493 e. The Morgan fingerprint density at radius 2 is 1.83 bits per heavy atom. The van der Waals surface area contributed by atoms with Crippen LogP contribution in [0.1, 0.15) is 57.1 Å². The molecule has 0 saturated heterocycles. The second-order valence-electron chi connectivity index (χ2n) is 6.19. The lowest BCUT2D eigenvalue weighted by atomic mass is 10.0. The number of alkyl halides is 1. The number of hydrogen-bond donors (Lipinski definition) is 0. The third-order valence-electron chi connectivity index (χ3n) is 3.91. The second kappa shape index (κ2) is 15.8. The highest BCUT2D eigenvalue weighted by Crippen LogP contribution is 2.26. The number of carbonyl (C=O) groups is 2. The van der Waals surface area contributed by atoms with E-state index in [1.807, 2.05) is 24.3 Å². The summed E-state index contributed by atoms with van der Waals surface area (Å²) < 4.78 is 15.8. The molecule has 5 nitrogen and oxygen atoms in total. The number of halogens is 1. The van der Waals surface area contributed by atoms with Crippen LogP contribution in [0.5, 0.6) is 5.75 Å². The summed E-state index contributed by atoms with van der Waals surface area (Å²) in [5.41, 5.74) is 1.78. The summed E-state index contributed by atoms with van der Waals surface area (Å²) in [5.74, 6) is 0.0487. The topological polar surface area (TPSA) is 61.8 Å². The third-order valence-corrected chi connectivity index (χ3v) is 4.47. The van der Waals surface area contributed by atoms with Gasteiger partial charge in [0.25, 0.3) is 0 Å². The summed E-state index contributed by atoms with van der Waals surface area (Å²) in [5, 5.41) is 1.00. The van der Waals surface area contributed by atoms with E-state index in [1.54, 1.807) is 19.9 Å². The van der Waals surface area contributed by atoms with E-state index in [0.717, 1.165) is 35.7 Å². The average molecular weight is 467 g/mol. The Morgan fingerprint density at radius 3 is 2.55 bits per heavy atom. The Hall–Kier alpha value is -2.08. The van der Waals surface area contributed by atoms with Gasteiger partial charge in [0.05, 0.1) is 19.8 Å². The Morgan fingerprint density at radius 1 is 1.03 bits per heavy atom. The average Bonchev–Trinajstić information content (AvgIpc) is 2.70. The molecule has 0 amide bonds. The molecule has 6 heteroatoms. The van der Waals surface area contributed by atoms with Crippen molar-refractivity contribution in [3.05, 3.63) is 41.5 Å². The van der Waals surface area contributed by atoms with Gasteiger partial charge in [0, 0.05) is 23.4 Å². The smallest absolute Gasteiger partial charge is 0.330 e. The first-order valence-electron chi connectivity index (χ1n) is 10.1. The fourth-order valence-corrected chi connectivity index (χ4v) is 2.95. The monoisotopic (exact) mass is 466 g/mol. The zero-order valence-electron chi connectivity index (χ0n) is 17.3. The predicted molar refractivity (Wildman–Crippen MR) is 120 cm³/mol. The molecule has 0 bridgehead atoms. The van der Waals surface area contributed by atoms with Gasteiger partial charge in [-0.05, 0) is 57.2 Å². The number of hydrogen-bond acceptors (Lipinski definition) is 5. The van der Waals surface area contributed by atoms with Crippen LogP contribution in [0.2, 0.25) is 0 Å². The molecule has 1 rings (SSSR count). The zero-order valence-corrected chi connectivity index (χ0v) is 18.9. The lowest BCUT2D eigenvalue weighted by Crippen LogP contribution is -2.07. The van der Waals surface area contributed by atoms with Crippen molar-refractivity contribution >= 4 is 40.0 Å². The maximum Gasteiger partial charge on any atom is 0.330 e. The predicted octanol–water partition coefficient (Wildman–Crippen LogP) is 5.56. The molecule has 0 aromatic heterocycles. The number of rotatable bonds is 14. The molecule has 0 unspecified atom stereocenters. The van der Waals surface area contributed by atoms with Crippen LogP contribution in [0, 0.1) is 0 Å². The summed E-state index contributed by atoms with van der Waals surface area (Å²) >= 11 is 3.44. The molecule has 0 saturated carbocycles. The molecule has 0 radical (unpaired) electrons. The quantitative estimate of drug-likeness (QED) is 0.155. The number of carbonyl (C=O) groups excluding carboxylic acids is 2. The first kappa shape index (κ1) is 25.0. The van der Waals surface area contributed by atoms with E-state index in [2.05, 4.69) is 22.0 Å². The highest BCUT2D eigenvalue weighted by Gasteiger charge is 2.08. The highest BCUT2D eigenvalue weighted by atomic mass is 79.9. The molecular weight excluding hydrogens is 436 g/mol. The van der Waals surface area contributed by atoms with Crippen molar-refractivity contribution in [3.8, 4) is 5.75 Å². The Bertz CT molecular complexity index is 682. The maximum absolute atomic E-state index is 11.7. The van der Waals surface area contributed by atoms with Crippen molar-refractivity contribution in [3.63, 3.8) is 0 Å². The van der Waals surface area contributed by atoms with Crippen LogP contribution in [0.4, 0.5) is 0 Å². The van der Waals surface area contributed by atoms with Crippen molar-refractivity contribution in [2.75, 3.05) is 25.2 Å². The van der Waals surface area contributed by atoms with Crippen LogP contribution in [0.25, 0.3) is 12.2 Å². The van der Waals surface area contributed by atoms with Crippen molar-refractivity contribution < 1.29 is 23.8 Å². The van der Waals surface area contributed by atoms with Crippen molar-refractivity contribution in [2.24, 2.45) is 0 Å². The summed E-state index contributed by atoms with van der Waals surface area (Å²) in [4.78, 5) is 23.2. The van der Waals surface area contributed by atoms with Gasteiger partial charge in [-0.2, -0.15) is 0 Å². The van der Waals surface area contributed by atoms with Crippen molar-refractivity contribution in [1.29, 1.82) is 0 Å². The van der Waals surface area contributed by atoms with Crippen LogP contribution in [-0.2, 0) is 19.1 Å². The maximum atomic E-state index is 11.7. The second-order valence-corrected chi connectivity index (χ2v) is 6.98. The third kappa shape index (κ3) is 10.9. The fraction of sp³-hybridized carbons (Fsp3) is 0.478. The molecule has 0 spiro atoms. The highest BCUT2D eigenvalue weighted by molar-refractivity contribution is 9.09. The Kier molecular flexibility index (Phi) is 13.6. The van der Waals surface area contributed by atoms with Crippen molar-refractivity contribution in [2.45, 2.75) is 46.0 Å². The van der Waals surface area contributed by atoms with Crippen LogP contribution in [0.3, 0.4) is 0 Å². The number of unbranched alkanes of at least 4 members (excludes halogenated alkanes) is 2. The normalized spacial score (nSPS) is 11.1. The zero-order chi connectivity index (χ0) is 21.3. The van der Waals surface area contributed by atoms with E-state index >= 15 is 0 Å². The molecule has 0 N–H and O–H groups in total. The number of benzene rings is 1. The summed E-state index contributed by atoms with van der Waals surface area (Å²) in [6, 6.07) is 5.76. The molecule has 0 aliphatic rings. The minimum absolute atomic E-state index is 0.223. The Labute approximate surface area is 182 Å². The van der Waals surface area contributed by atoms with Crippen LogP contribution < -0.4 is 4.74 Å². The van der Waals surface area contributed by atoms with E-state index in [4.69, 9.17) is 14.2 Å². The van der Waals surface area contributed by atoms with E-state index in [-0.39, 0.29) is 5.97 Å². The van der Waals surface area contributed by atoms with Crippen LogP contribution in [0.15, 0.2) is 30.4 Å². The van der Waals surface area contributed by atoms with E-state index < -0.39 is 5.97 Å². The summed E-state index contributed by atoms with van der Waals surface area (Å²) in [6.07, 6.45) is 11.4. The summed E-state index contributed by atoms with van der Waals surface area (Å²) in [7, 11) is 0. The molecule has 0 heterocycles. The van der Waals surface area contributed by atoms with Gasteiger partial charge in [-0.3, -0.25) is 4.79 Å². The van der Waals surface area contributed by atoms with Gasteiger partial charge < -0.3 is 14.2 Å². The fourth-order valence-electron chi connectivity index (χ4n) is 2.55. The molecule has 0 fully saturated rings. The molecular formula is C23H31BrO5. The van der Waals surface area contributed by atoms with Gasteiger partial charge in [0.1, 0.15) is 5.75 Å². The number of esters is 2. The van der Waals surface area contributed by atoms with Gasteiger partial charge >= 0.3 is 11.9 Å². The number of ether oxygens (including phenoxy) is 3. The van der Waals surface area contributed by atoms with Gasteiger partial charge in [-0.25, -0.2) is 4.79 Å². The molecule has 1 aromatic rings. The molecule has 160 valence electrons. The van der Waals surface area contributed by atoms with Crippen molar-refractivity contribution in [1.82, 2.24) is 0 Å². The number of allylic oxidation sites excluding steroid dienone is 1. The molecule has 0 aliphatic carbocycles. The first-order valence-corrected chi connectivity index (χ1v) is 11.2. The van der Waals surface area contributed by atoms with E-state index in [1.165, 1.54) is 6.08 Å². The largest absolute Gasteiger partial charge is 0.493 e. The molecule has 0 aliphatic heterocycles. The van der Waals surface area contributed by atoms with E-state index in [9.17, 15) is 9.59 Å². The molecule has 29 heavy (non-hydrogen) atoms. The van der Waals surface area contributed by atoms with E-state index in [0.29, 0.717) is 38.4 Å². The SMILES string of the molecule is CCOC(=O)/C=C/c1c(/C=C/CCCCBr)cccc1OCCCC(=O)OCC. The lowest BCUT2D eigenvalue weighted by molar-refractivity contribution is -0.143. The Balaban J connectivity index is 2.87. The van der Waals surface area contributed by atoms with Crippen LogP contribution in [-0.4, -0.2) is 37.1 Å². The summed E-state index contributed by atoms with van der Waals surface area (Å²) in [6.45, 7) is 4.66. The van der Waals surface area contributed by atoms with Gasteiger partial charge in [-0.15, -0.1) is 0 Å².